The first-order chi connectivity index (χ1) is 11.7. The van der Waals surface area contributed by atoms with Crippen molar-refractivity contribution in [2.45, 2.75) is 6.92 Å². The van der Waals surface area contributed by atoms with Gasteiger partial charge < -0.3 is 4.74 Å². The van der Waals surface area contributed by atoms with Crippen molar-refractivity contribution in [1.29, 1.82) is 0 Å². The van der Waals surface area contributed by atoms with Crippen LogP contribution in [-0.4, -0.2) is 17.2 Å². The predicted molar refractivity (Wildman–Crippen MR) is 96.5 cm³/mol. The number of ether oxygens (including phenoxy) is 1. The van der Waals surface area contributed by atoms with E-state index in [1.165, 1.54) is 18.3 Å². The lowest BCUT2D eigenvalue weighted by Crippen LogP contribution is -2.01. The second-order valence-electron chi connectivity index (χ2n) is 4.94. The van der Waals surface area contributed by atoms with Crippen molar-refractivity contribution in [2.24, 2.45) is 5.10 Å². The van der Waals surface area contributed by atoms with E-state index in [2.05, 4.69) is 15.5 Å². The number of nitrogens with zero attached hydrogens (tertiary/aromatic N) is 2. The van der Waals surface area contributed by atoms with Crippen molar-refractivity contribution in [2.75, 3.05) is 5.43 Å². The van der Waals surface area contributed by atoms with E-state index in [1.807, 2.05) is 47.8 Å². The summed E-state index contributed by atoms with van der Waals surface area (Å²) < 4.78 is 4.98. The van der Waals surface area contributed by atoms with Crippen LogP contribution in [0.15, 0.2) is 65.1 Å². The van der Waals surface area contributed by atoms with Gasteiger partial charge in [-0.3, -0.25) is 10.2 Å². The summed E-state index contributed by atoms with van der Waals surface area (Å²) in [6.45, 7) is 1.37. The lowest BCUT2D eigenvalue weighted by atomic mass is 10.2. The smallest absolute Gasteiger partial charge is 0.308 e. The van der Waals surface area contributed by atoms with Crippen molar-refractivity contribution in [3.8, 4) is 17.0 Å². The quantitative estimate of drug-likeness (QED) is 0.328. The molecule has 0 amide bonds. The van der Waals surface area contributed by atoms with Crippen molar-refractivity contribution in [3.05, 3.63) is 65.5 Å². The molecular weight excluding hydrogens is 322 g/mol. The Bertz CT molecular complexity index is 842. The second-order valence-corrected chi connectivity index (χ2v) is 5.79. The van der Waals surface area contributed by atoms with Crippen LogP contribution >= 0.6 is 11.3 Å². The molecule has 0 aliphatic rings. The van der Waals surface area contributed by atoms with Crippen molar-refractivity contribution < 1.29 is 9.53 Å². The fraction of sp³-hybridized carbons (Fsp3) is 0.0556. The summed E-state index contributed by atoms with van der Waals surface area (Å²) in [4.78, 5) is 15.4. The summed E-state index contributed by atoms with van der Waals surface area (Å²) in [6, 6.07) is 17.1. The summed E-state index contributed by atoms with van der Waals surface area (Å²) in [5.74, 6) is 0.177. The zero-order valence-corrected chi connectivity index (χ0v) is 13.8. The van der Waals surface area contributed by atoms with E-state index in [0.717, 1.165) is 22.0 Å². The van der Waals surface area contributed by atoms with Gasteiger partial charge in [-0.15, -0.1) is 11.3 Å². The molecule has 0 saturated heterocycles. The lowest BCUT2D eigenvalue weighted by Gasteiger charge is -2.00. The van der Waals surface area contributed by atoms with Crippen molar-refractivity contribution in [3.63, 3.8) is 0 Å². The van der Waals surface area contributed by atoms with Crippen LogP contribution in [0.2, 0.25) is 0 Å². The molecule has 6 heteroatoms. The highest BCUT2D eigenvalue weighted by Crippen LogP contribution is 2.24. The minimum absolute atomic E-state index is 0.337. The number of carbonyl (C=O) groups excluding carboxylic acids is 1. The first-order valence-corrected chi connectivity index (χ1v) is 8.17. The molecule has 1 N–H and O–H groups in total. The van der Waals surface area contributed by atoms with Gasteiger partial charge in [0.15, 0.2) is 0 Å². The van der Waals surface area contributed by atoms with E-state index < -0.39 is 0 Å². The van der Waals surface area contributed by atoms with E-state index in [1.54, 1.807) is 18.3 Å². The largest absolute Gasteiger partial charge is 0.427 e. The normalized spacial score (nSPS) is 10.7. The molecule has 1 heterocycles. The topological polar surface area (TPSA) is 63.6 Å². The molecule has 0 bridgehead atoms. The fourth-order valence-corrected chi connectivity index (χ4v) is 2.69. The van der Waals surface area contributed by atoms with Crippen LogP contribution < -0.4 is 10.2 Å². The highest BCUT2D eigenvalue weighted by Gasteiger charge is 2.02. The first kappa shape index (κ1) is 15.9. The van der Waals surface area contributed by atoms with Gasteiger partial charge in [0.2, 0.25) is 5.13 Å². The molecule has 0 spiro atoms. The maximum Gasteiger partial charge on any atom is 0.308 e. The average Bonchev–Trinajstić information content (AvgIpc) is 3.06. The molecule has 0 unspecified atom stereocenters. The molecule has 0 fully saturated rings. The third kappa shape index (κ3) is 4.27. The van der Waals surface area contributed by atoms with E-state index in [0.29, 0.717) is 5.75 Å². The summed E-state index contributed by atoms with van der Waals surface area (Å²) >= 11 is 1.50. The molecule has 0 radical (unpaired) electrons. The highest BCUT2D eigenvalue weighted by atomic mass is 32.1. The molecule has 3 aromatic rings. The molecule has 2 aromatic carbocycles. The Balaban J connectivity index is 1.60. The molecule has 0 saturated carbocycles. The van der Waals surface area contributed by atoms with Crippen LogP contribution in [0.3, 0.4) is 0 Å². The number of carbonyl (C=O) groups is 1. The number of nitrogens with one attached hydrogen (secondary N) is 1. The number of hydrazone groups is 1. The average molecular weight is 337 g/mol. The molecule has 5 nitrogen and oxygen atoms in total. The second kappa shape index (κ2) is 7.52. The van der Waals surface area contributed by atoms with Gasteiger partial charge in [-0.1, -0.05) is 30.3 Å². The Morgan fingerprint density at radius 1 is 1.17 bits per heavy atom. The number of hydrogen-bond donors (Lipinski definition) is 1. The predicted octanol–water partition coefficient (Wildman–Crippen LogP) is 4.18. The number of anilines is 1. The van der Waals surface area contributed by atoms with Crippen LogP contribution in [0.1, 0.15) is 12.5 Å². The van der Waals surface area contributed by atoms with Crippen LogP contribution in [0.4, 0.5) is 5.13 Å². The van der Waals surface area contributed by atoms with Crippen molar-refractivity contribution in [1.82, 2.24) is 4.98 Å². The van der Waals surface area contributed by atoms with Gasteiger partial charge in [-0.2, -0.15) is 5.10 Å². The Morgan fingerprint density at radius 2 is 1.92 bits per heavy atom. The maximum atomic E-state index is 10.9. The van der Waals surface area contributed by atoms with Gasteiger partial charge >= 0.3 is 5.97 Å². The van der Waals surface area contributed by atoms with Gasteiger partial charge in [0.05, 0.1) is 11.9 Å². The van der Waals surface area contributed by atoms with Gasteiger partial charge in [0.25, 0.3) is 0 Å². The Morgan fingerprint density at radius 3 is 2.62 bits per heavy atom. The number of thiazole rings is 1. The molecule has 0 aliphatic carbocycles. The van der Waals surface area contributed by atoms with Crippen LogP contribution in [0, 0.1) is 0 Å². The molecule has 24 heavy (non-hydrogen) atoms. The fourth-order valence-electron chi connectivity index (χ4n) is 2.02. The van der Waals surface area contributed by atoms with Gasteiger partial charge in [-0.05, 0) is 29.8 Å². The Hall–Kier alpha value is -2.99. The zero-order valence-electron chi connectivity index (χ0n) is 13.0. The standard InChI is InChI=1S/C18H15N3O2S/c1-13(22)23-16-9-7-14(8-10-16)11-19-21-18-20-17(12-24-18)15-5-3-2-4-6-15/h2-12H,1H3,(H,20,21). The number of aromatic nitrogens is 1. The lowest BCUT2D eigenvalue weighted by molar-refractivity contribution is -0.131. The molecule has 0 aliphatic heterocycles. The Labute approximate surface area is 143 Å². The highest BCUT2D eigenvalue weighted by molar-refractivity contribution is 7.14. The van der Waals surface area contributed by atoms with E-state index in [4.69, 9.17) is 4.74 Å². The summed E-state index contributed by atoms with van der Waals surface area (Å²) in [5, 5.41) is 6.89. The minimum atomic E-state index is -0.337. The Kier molecular flexibility index (Phi) is 4.98. The number of hydrogen-bond acceptors (Lipinski definition) is 6. The monoisotopic (exact) mass is 337 g/mol. The third-order valence-electron chi connectivity index (χ3n) is 3.09. The summed E-state index contributed by atoms with van der Waals surface area (Å²) in [6.07, 6.45) is 1.68. The van der Waals surface area contributed by atoms with Crippen LogP contribution in [-0.2, 0) is 4.79 Å². The van der Waals surface area contributed by atoms with Gasteiger partial charge in [0, 0.05) is 17.9 Å². The summed E-state index contributed by atoms with van der Waals surface area (Å²) in [7, 11) is 0. The van der Waals surface area contributed by atoms with E-state index >= 15 is 0 Å². The zero-order chi connectivity index (χ0) is 16.8. The van der Waals surface area contributed by atoms with Gasteiger partial charge in [0.1, 0.15) is 5.75 Å². The molecule has 3 rings (SSSR count). The minimum Gasteiger partial charge on any atom is -0.427 e. The molecule has 0 atom stereocenters. The maximum absolute atomic E-state index is 10.9. The molecule has 1 aromatic heterocycles. The van der Waals surface area contributed by atoms with Gasteiger partial charge in [-0.25, -0.2) is 4.98 Å². The van der Waals surface area contributed by atoms with Crippen LogP contribution in [0.25, 0.3) is 11.3 Å². The number of esters is 1. The third-order valence-corrected chi connectivity index (χ3v) is 3.84. The van der Waals surface area contributed by atoms with E-state index in [-0.39, 0.29) is 5.97 Å². The molecular formula is C18H15N3O2S. The summed E-state index contributed by atoms with van der Waals surface area (Å²) in [5.41, 5.74) is 5.81. The van der Waals surface area contributed by atoms with Crippen LogP contribution in [0.5, 0.6) is 5.75 Å². The number of benzene rings is 2. The number of rotatable bonds is 5. The molecule has 120 valence electrons. The van der Waals surface area contributed by atoms with Crippen molar-refractivity contribution >= 4 is 28.7 Å². The SMILES string of the molecule is CC(=O)Oc1ccc(C=NNc2nc(-c3ccccc3)cs2)cc1. The van der Waals surface area contributed by atoms with E-state index in [9.17, 15) is 4.79 Å². The first-order valence-electron chi connectivity index (χ1n) is 7.29.